The Kier molecular flexibility index (Phi) is 22.0. The minimum absolute atomic E-state index is 0.551. The molecule has 4 aromatic heterocycles. The predicted molar refractivity (Wildman–Crippen MR) is 387 cm³/mol. The maximum atomic E-state index is 2.35. The molecule has 0 radical (unpaired) electrons. The summed E-state index contributed by atoms with van der Waals surface area (Å²) >= 11 is 0. The molecule has 462 valence electrons. The molecule has 8 aromatic carbocycles. The van der Waals surface area contributed by atoms with E-state index >= 15 is 0 Å². The summed E-state index contributed by atoms with van der Waals surface area (Å²) in [5.41, 5.74) is 31.1. The summed E-state index contributed by atoms with van der Waals surface area (Å²) < 4.78 is 8.89. The average molecular weight is 1210 g/mol. The van der Waals surface area contributed by atoms with Gasteiger partial charge in [0.25, 0.3) is 0 Å². The minimum Gasteiger partial charge on any atom is -0.200 e. The van der Waals surface area contributed by atoms with E-state index in [4.69, 9.17) is 0 Å². The topological polar surface area (TPSA) is 15.5 Å². The van der Waals surface area contributed by atoms with Crippen LogP contribution in [0.4, 0.5) is 0 Å². The highest BCUT2D eigenvalue weighted by Gasteiger charge is 2.20. The van der Waals surface area contributed by atoms with E-state index < -0.39 is 0 Å². The van der Waals surface area contributed by atoms with E-state index in [-0.39, 0.29) is 0 Å². The quantitative estimate of drug-likeness (QED) is 0.115. The first-order chi connectivity index (χ1) is 44.6. The molecule has 0 aliphatic heterocycles. The van der Waals surface area contributed by atoms with Crippen LogP contribution in [-0.4, -0.2) is 0 Å². The van der Waals surface area contributed by atoms with Crippen molar-refractivity contribution in [3.63, 3.8) is 0 Å². The summed E-state index contributed by atoms with van der Waals surface area (Å²) in [7, 11) is 8.50. The molecular weight excluding hydrogens is 1110 g/mol. The van der Waals surface area contributed by atoms with Crippen LogP contribution in [0.5, 0.6) is 0 Å². The van der Waals surface area contributed by atoms with E-state index in [0.717, 1.165) is 12.3 Å². The van der Waals surface area contributed by atoms with Crippen LogP contribution in [0.1, 0.15) is 109 Å². The van der Waals surface area contributed by atoms with Gasteiger partial charge in [0.1, 0.15) is 28.2 Å². The normalized spacial score (nSPS) is 12.0. The zero-order valence-corrected chi connectivity index (χ0v) is 56.6. The molecule has 0 N–H and O–H groups in total. The van der Waals surface area contributed by atoms with Gasteiger partial charge in [0.2, 0.25) is 22.8 Å². The van der Waals surface area contributed by atoms with E-state index in [1.54, 1.807) is 0 Å². The number of rotatable bonds is 11. The molecule has 0 unspecified atom stereocenters. The summed E-state index contributed by atoms with van der Waals surface area (Å²) in [5.74, 6) is 1.33. The predicted octanol–water partition coefficient (Wildman–Crippen LogP) is 20.7. The molecule has 4 heteroatoms. The maximum Gasteiger partial charge on any atom is 0.212 e. The zero-order valence-electron chi connectivity index (χ0n) is 56.6. The van der Waals surface area contributed by atoms with Gasteiger partial charge >= 0.3 is 0 Å². The van der Waals surface area contributed by atoms with Crippen LogP contribution in [0.25, 0.3) is 89.5 Å². The zero-order chi connectivity index (χ0) is 64.7. The van der Waals surface area contributed by atoms with E-state index in [0.29, 0.717) is 5.92 Å². The fourth-order valence-corrected chi connectivity index (χ4v) is 12.9. The Morgan fingerprint density at radius 3 is 1.04 bits per heavy atom. The molecule has 1 aliphatic rings. The van der Waals surface area contributed by atoms with Gasteiger partial charge in [-0.25, -0.2) is 18.3 Å². The van der Waals surface area contributed by atoms with E-state index in [9.17, 15) is 0 Å². The minimum atomic E-state index is 0.551. The van der Waals surface area contributed by atoms with Crippen molar-refractivity contribution in [3.05, 3.63) is 312 Å². The molecular formula is C88H94N4+4. The van der Waals surface area contributed by atoms with Crippen LogP contribution in [0.15, 0.2) is 267 Å². The number of benzene rings is 8. The SMILES string of the molecule is CCc1cccc(-c2ccc(-c3ccccc3C)[n+](C)c2)c1.Cc1cccc(-c2ccc(-c3ccccc3C)[n+](C)c2)c1.Cc1ccccc1-c1ccc(-c2ccc(C3CCCCC3)cc2)c[n+]1C.Cc1ccccc1-c1ccc(-c2cccc(C(C)C)c2)c[n+]1C. The third kappa shape index (κ3) is 16.3. The lowest BCUT2D eigenvalue weighted by Crippen LogP contribution is -2.30. The van der Waals surface area contributed by atoms with E-state index in [1.165, 1.54) is 166 Å². The van der Waals surface area contributed by atoms with Crippen molar-refractivity contribution < 1.29 is 18.3 Å². The fourth-order valence-electron chi connectivity index (χ4n) is 12.9. The lowest BCUT2D eigenvalue weighted by molar-refractivity contribution is -0.660. The number of pyridine rings is 4. The molecule has 13 rings (SSSR count). The summed E-state index contributed by atoms with van der Waals surface area (Å²) in [4.78, 5) is 0. The molecule has 0 saturated heterocycles. The van der Waals surface area contributed by atoms with Gasteiger partial charge in [-0.2, -0.15) is 0 Å². The summed E-state index contributed by atoms with van der Waals surface area (Å²) in [5, 5.41) is 0. The highest BCUT2D eigenvalue weighted by atomic mass is 14.9. The molecule has 0 atom stereocenters. The number of nitrogens with zero attached hydrogens (tertiary/aromatic N) is 4. The van der Waals surface area contributed by atoms with E-state index in [1.807, 2.05) is 0 Å². The molecule has 1 saturated carbocycles. The molecule has 0 bridgehead atoms. The first-order valence-corrected chi connectivity index (χ1v) is 33.2. The van der Waals surface area contributed by atoms with Crippen LogP contribution < -0.4 is 18.3 Å². The third-order valence-corrected chi connectivity index (χ3v) is 18.4. The first kappa shape index (κ1) is 65.3. The maximum absolute atomic E-state index is 2.35. The van der Waals surface area contributed by atoms with Crippen LogP contribution in [0.3, 0.4) is 0 Å². The Bertz CT molecular complexity index is 4450. The van der Waals surface area contributed by atoms with Crippen molar-refractivity contribution in [2.24, 2.45) is 28.2 Å². The Morgan fingerprint density at radius 1 is 0.326 bits per heavy atom. The van der Waals surface area contributed by atoms with Gasteiger partial charge in [0.15, 0.2) is 24.8 Å². The fraction of sp³-hybridized carbons (Fsp3) is 0.227. The average Bonchev–Trinajstić information content (AvgIpc) is 0.976. The van der Waals surface area contributed by atoms with Gasteiger partial charge in [-0.15, -0.1) is 0 Å². The third-order valence-electron chi connectivity index (χ3n) is 18.4. The number of hydrogen-bond donors (Lipinski definition) is 0. The Labute approximate surface area is 550 Å². The Morgan fingerprint density at radius 2 is 0.674 bits per heavy atom. The van der Waals surface area contributed by atoms with Gasteiger partial charge in [-0.05, 0) is 175 Å². The van der Waals surface area contributed by atoms with Gasteiger partial charge in [0, 0.05) is 68.8 Å². The van der Waals surface area contributed by atoms with Crippen molar-refractivity contribution >= 4 is 0 Å². The van der Waals surface area contributed by atoms with Gasteiger partial charge in [-0.3, -0.25) is 0 Å². The number of aromatic nitrogens is 4. The van der Waals surface area contributed by atoms with Crippen LogP contribution in [0, 0.1) is 34.6 Å². The molecule has 4 heterocycles. The highest BCUT2D eigenvalue weighted by Crippen LogP contribution is 2.35. The number of aryl methyl sites for hydroxylation is 10. The largest absolute Gasteiger partial charge is 0.212 e. The standard InChI is InChI=1S/C25H28N.C22H24N.C21H22N.C20H20N/c1-19-8-6-7-11-24(19)25-17-16-23(18-26(25)2)22-14-12-21(13-15-22)20-9-4-3-5-10-20;1-16(2)18-9-7-10-19(14-18)20-12-13-22(23(4)15-20)21-11-6-5-8-17(21)3;1-4-17-9-7-10-18(14-17)19-12-13-21(22(3)15-19)20-11-6-5-8-16(20)2;1-15-7-6-9-17(13-15)18-11-12-20(21(3)14-18)19-10-5-4-8-16(19)2/h6-8,11-18,20H,3-5,9-10H2,1-2H3;5-16H,1-4H3;5-15H,4H2,1-3H3;4-14H,1-3H3/q4*+1. The molecule has 12 aromatic rings. The lowest BCUT2D eigenvalue weighted by Gasteiger charge is -2.22. The van der Waals surface area contributed by atoms with Crippen molar-refractivity contribution in [2.75, 3.05) is 0 Å². The van der Waals surface area contributed by atoms with Crippen molar-refractivity contribution in [2.45, 2.75) is 106 Å². The highest BCUT2D eigenvalue weighted by molar-refractivity contribution is 5.71. The second-order valence-corrected chi connectivity index (χ2v) is 25.6. The molecule has 0 amide bonds. The van der Waals surface area contributed by atoms with Crippen molar-refractivity contribution in [1.29, 1.82) is 0 Å². The van der Waals surface area contributed by atoms with Crippen molar-refractivity contribution in [1.82, 2.24) is 0 Å². The second-order valence-electron chi connectivity index (χ2n) is 25.6. The summed E-state index contributed by atoms with van der Waals surface area (Å²) in [6.45, 7) is 17.5. The van der Waals surface area contributed by atoms with E-state index in [2.05, 4.69) is 369 Å². The van der Waals surface area contributed by atoms with Gasteiger partial charge < -0.3 is 0 Å². The van der Waals surface area contributed by atoms with Crippen LogP contribution in [0.2, 0.25) is 0 Å². The Balaban J connectivity index is 0.000000135. The van der Waals surface area contributed by atoms with Crippen LogP contribution >= 0.6 is 0 Å². The Hall–Kier alpha value is -9.64. The lowest BCUT2D eigenvalue weighted by atomic mass is 9.84. The van der Waals surface area contributed by atoms with Crippen molar-refractivity contribution in [3.8, 4) is 89.5 Å². The number of hydrogen-bond acceptors (Lipinski definition) is 0. The molecule has 1 aliphatic carbocycles. The summed E-state index contributed by atoms with van der Waals surface area (Å²) in [6.07, 6.45) is 16.9. The second kappa shape index (κ2) is 30.9. The van der Waals surface area contributed by atoms with Gasteiger partial charge in [0.05, 0.1) is 0 Å². The molecule has 1 fully saturated rings. The smallest absolute Gasteiger partial charge is 0.200 e. The van der Waals surface area contributed by atoms with Crippen LogP contribution in [-0.2, 0) is 34.6 Å². The summed E-state index contributed by atoms with van der Waals surface area (Å²) in [6, 6.07) is 87.5. The molecule has 92 heavy (non-hydrogen) atoms. The molecule has 4 nitrogen and oxygen atoms in total. The molecule has 0 spiro atoms. The first-order valence-electron chi connectivity index (χ1n) is 33.2. The van der Waals surface area contributed by atoms with Gasteiger partial charge in [-0.1, -0.05) is 215 Å². The monoisotopic (exact) mass is 1210 g/mol.